The lowest BCUT2D eigenvalue weighted by Gasteiger charge is -2.16. The van der Waals surface area contributed by atoms with Gasteiger partial charge in [0, 0.05) is 11.4 Å². The number of hydrogen-bond donors (Lipinski definition) is 2. The number of nitrogens with two attached hydrogens (primary N) is 1. The number of ether oxygens (including phenoxy) is 1. The fourth-order valence-electron chi connectivity index (χ4n) is 2.36. The zero-order chi connectivity index (χ0) is 18.4. The van der Waals surface area contributed by atoms with Crippen molar-refractivity contribution in [2.45, 2.75) is 39.2 Å². The molecule has 5 nitrogen and oxygen atoms in total. The lowest BCUT2D eigenvalue weighted by atomic mass is 10.0. The molecule has 132 valence electrons. The molecule has 2 rings (SSSR count). The maximum atomic E-state index is 12.4. The molecule has 1 amide bonds. The van der Waals surface area contributed by atoms with E-state index in [1.54, 1.807) is 25.1 Å². The molecule has 0 fully saturated rings. The smallest absolute Gasteiger partial charge is 0.338 e. The van der Waals surface area contributed by atoms with E-state index >= 15 is 0 Å². The Morgan fingerprint density at radius 1 is 1.12 bits per heavy atom. The van der Waals surface area contributed by atoms with E-state index in [0.717, 1.165) is 0 Å². The average Bonchev–Trinajstić information content (AvgIpc) is 2.59. The molecule has 0 saturated heterocycles. The van der Waals surface area contributed by atoms with Crippen molar-refractivity contribution in [2.24, 2.45) is 0 Å². The molecule has 1 unspecified atom stereocenters. The standard InChI is InChI=1S/C20H24N2O3/c1-4-18(25-20(24)15-6-5-7-16(21)12-15)19(23)22-17-10-8-14(9-11-17)13(2)3/h5-13,18H,4,21H2,1-3H3,(H,22,23). The number of rotatable bonds is 6. The van der Waals surface area contributed by atoms with Gasteiger partial charge in [0.15, 0.2) is 6.10 Å². The zero-order valence-electron chi connectivity index (χ0n) is 14.8. The fourth-order valence-corrected chi connectivity index (χ4v) is 2.36. The Hall–Kier alpha value is -2.82. The van der Waals surface area contributed by atoms with Crippen molar-refractivity contribution in [3.05, 3.63) is 59.7 Å². The topological polar surface area (TPSA) is 81.4 Å². The lowest BCUT2D eigenvalue weighted by Crippen LogP contribution is -2.32. The highest BCUT2D eigenvalue weighted by atomic mass is 16.5. The quantitative estimate of drug-likeness (QED) is 0.616. The minimum atomic E-state index is -0.862. The number of carbonyl (C=O) groups excluding carboxylic acids is 2. The summed E-state index contributed by atoms with van der Waals surface area (Å²) in [5.74, 6) is -0.492. The number of esters is 1. The predicted molar refractivity (Wildman–Crippen MR) is 99.5 cm³/mol. The van der Waals surface area contributed by atoms with E-state index in [0.29, 0.717) is 29.3 Å². The van der Waals surface area contributed by atoms with Gasteiger partial charge in [-0.2, -0.15) is 0 Å². The van der Waals surface area contributed by atoms with Crippen molar-refractivity contribution in [3.63, 3.8) is 0 Å². The van der Waals surface area contributed by atoms with Crippen molar-refractivity contribution in [3.8, 4) is 0 Å². The van der Waals surface area contributed by atoms with E-state index < -0.39 is 12.1 Å². The molecule has 0 bridgehead atoms. The number of hydrogen-bond acceptors (Lipinski definition) is 4. The van der Waals surface area contributed by atoms with E-state index in [9.17, 15) is 9.59 Å². The molecule has 0 saturated carbocycles. The summed E-state index contributed by atoms with van der Waals surface area (Å²) in [5.41, 5.74) is 8.33. The third kappa shape index (κ3) is 5.08. The van der Waals surface area contributed by atoms with Crippen LogP contribution in [0.15, 0.2) is 48.5 Å². The first-order chi connectivity index (χ1) is 11.9. The van der Waals surface area contributed by atoms with E-state index in [-0.39, 0.29) is 5.91 Å². The van der Waals surface area contributed by atoms with Crippen LogP contribution in [0.25, 0.3) is 0 Å². The van der Waals surface area contributed by atoms with Crippen molar-refractivity contribution in [1.82, 2.24) is 0 Å². The highest BCUT2D eigenvalue weighted by Crippen LogP contribution is 2.18. The van der Waals surface area contributed by atoms with Crippen LogP contribution >= 0.6 is 0 Å². The molecule has 25 heavy (non-hydrogen) atoms. The molecular formula is C20H24N2O3. The number of nitrogens with one attached hydrogen (secondary N) is 1. The van der Waals surface area contributed by atoms with Gasteiger partial charge in [0.1, 0.15) is 0 Å². The van der Waals surface area contributed by atoms with Crippen LogP contribution in [-0.2, 0) is 9.53 Å². The van der Waals surface area contributed by atoms with Crippen LogP contribution in [0.1, 0.15) is 49.0 Å². The minimum Gasteiger partial charge on any atom is -0.449 e. The molecule has 0 aliphatic carbocycles. The number of anilines is 2. The Kier molecular flexibility index (Phi) is 6.17. The summed E-state index contributed by atoms with van der Waals surface area (Å²) in [7, 11) is 0. The first-order valence-corrected chi connectivity index (χ1v) is 8.38. The van der Waals surface area contributed by atoms with Gasteiger partial charge in [0.05, 0.1) is 5.56 Å². The van der Waals surface area contributed by atoms with Crippen LogP contribution in [0.4, 0.5) is 11.4 Å². The highest BCUT2D eigenvalue weighted by molar-refractivity contribution is 5.97. The van der Waals surface area contributed by atoms with Gasteiger partial charge < -0.3 is 15.8 Å². The summed E-state index contributed by atoms with van der Waals surface area (Å²) in [5, 5.41) is 2.79. The van der Waals surface area contributed by atoms with Gasteiger partial charge in [-0.05, 0) is 48.2 Å². The van der Waals surface area contributed by atoms with Crippen LogP contribution in [0.2, 0.25) is 0 Å². The summed E-state index contributed by atoms with van der Waals surface area (Å²) in [6, 6.07) is 14.1. The number of carbonyl (C=O) groups is 2. The fraction of sp³-hybridized carbons (Fsp3) is 0.300. The van der Waals surface area contributed by atoms with Crippen LogP contribution in [0.5, 0.6) is 0 Å². The molecule has 0 heterocycles. The Morgan fingerprint density at radius 2 is 1.80 bits per heavy atom. The monoisotopic (exact) mass is 340 g/mol. The van der Waals surface area contributed by atoms with E-state index in [1.165, 1.54) is 11.6 Å². The van der Waals surface area contributed by atoms with Gasteiger partial charge in [-0.15, -0.1) is 0 Å². The zero-order valence-corrected chi connectivity index (χ0v) is 14.8. The van der Waals surface area contributed by atoms with Crippen molar-refractivity contribution in [1.29, 1.82) is 0 Å². The summed E-state index contributed by atoms with van der Waals surface area (Å²) < 4.78 is 5.33. The lowest BCUT2D eigenvalue weighted by molar-refractivity contribution is -0.124. The van der Waals surface area contributed by atoms with Crippen LogP contribution < -0.4 is 11.1 Å². The second kappa shape index (κ2) is 8.33. The van der Waals surface area contributed by atoms with Crippen molar-refractivity contribution in [2.75, 3.05) is 11.1 Å². The average molecular weight is 340 g/mol. The van der Waals surface area contributed by atoms with Gasteiger partial charge in [-0.25, -0.2) is 4.79 Å². The first-order valence-electron chi connectivity index (χ1n) is 8.38. The minimum absolute atomic E-state index is 0.326. The molecule has 2 aromatic rings. The predicted octanol–water partition coefficient (Wildman–Crippen LogP) is 3.97. The second-order valence-electron chi connectivity index (χ2n) is 6.19. The SMILES string of the molecule is CCC(OC(=O)c1cccc(N)c1)C(=O)Nc1ccc(C(C)C)cc1. The third-order valence-corrected chi connectivity index (χ3v) is 3.88. The Morgan fingerprint density at radius 3 is 2.36 bits per heavy atom. The summed E-state index contributed by atoms with van der Waals surface area (Å²) in [4.78, 5) is 24.6. The highest BCUT2D eigenvalue weighted by Gasteiger charge is 2.22. The Labute approximate surface area is 148 Å². The molecule has 2 aromatic carbocycles. The summed E-state index contributed by atoms with van der Waals surface area (Å²) in [6.45, 7) is 6.01. The summed E-state index contributed by atoms with van der Waals surface area (Å²) >= 11 is 0. The molecule has 0 aromatic heterocycles. The molecule has 0 aliphatic rings. The second-order valence-corrected chi connectivity index (χ2v) is 6.19. The molecule has 3 N–H and O–H groups in total. The van der Waals surface area contributed by atoms with E-state index in [2.05, 4.69) is 19.2 Å². The number of benzene rings is 2. The Bertz CT molecular complexity index is 739. The van der Waals surface area contributed by atoms with Gasteiger partial charge in [0.25, 0.3) is 5.91 Å². The Balaban J connectivity index is 2.01. The van der Waals surface area contributed by atoms with Crippen LogP contribution in [-0.4, -0.2) is 18.0 Å². The van der Waals surface area contributed by atoms with Crippen molar-refractivity contribution >= 4 is 23.3 Å². The maximum Gasteiger partial charge on any atom is 0.338 e. The van der Waals surface area contributed by atoms with Crippen LogP contribution in [0, 0.1) is 0 Å². The maximum absolute atomic E-state index is 12.4. The van der Waals surface area contributed by atoms with E-state index in [4.69, 9.17) is 10.5 Å². The number of nitrogen functional groups attached to an aromatic ring is 1. The van der Waals surface area contributed by atoms with Crippen molar-refractivity contribution < 1.29 is 14.3 Å². The number of amides is 1. The molecular weight excluding hydrogens is 316 g/mol. The molecule has 1 atom stereocenters. The summed E-state index contributed by atoms with van der Waals surface area (Å²) in [6.07, 6.45) is -0.483. The molecule has 5 heteroatoms. The van der Waals surface area contributed by atoms with Crippen LogP contribution in [0.3, 0.4) is 0 Å². The molecule has 0 spiro atoms. The first kappa shape index (κ1) is 18.5. The van der Waals surface area contributed by atoms with Gasteiger partial charge in [-0.3, -0.25) is 4.79 Å². The largest absolute Gasteiger partial charge is 0.449 e. The molecule has 0 aliphatic heterocycles. The normalized spacial score (nSPS) is 11.8. The third-order valence-electron chi connectivity index (χ3n) is 3.88. The van der Waals surface area contributed by atoms with Gasteiger partial charge in [-0.1, -0.05) is 39.0 Å². The molecule has 0 radical (unpaired) electrons. The van der Waals surface area contributed by atoms with E-state index in [1.807, 2.05) is 24.3 Å². The van der Waals surface area contributed by atoms with Gasteiger partial charge >= 0.3 is 5.97 Å². The van der Waals surface area contributed by atoms with Gasteiger partial charge in [0.2, 0.25) is 0 Å².